The van der Waals surface area contributed by atoms with E-state index < -0.39 is 5.97 Å². The second-order valence-electron chi connectivity index (χ2n) is 7.60. The van der Waals surface area contributed by atoms with E-state index in [1.54, 1.807) is 0 Å². The Balaban J connectivity index is 2.69. The fraction of sp³-hybridized carbons (Fsp3) is 0.435. The first-order chi connectivity index (χ1) is 12.6. The number of hydrogen-bond acceptors (Lipinski definition) is 3. The maximum atomic E-state index is 11.1. The molecule has 0 amide bonds. The Morgan fingerprint density at radius 2 is 1.22 bits per heavy atom. The fourth-order valence-electron chi connectivity index (χ4n) is 4.05. The van der Waals surface area contributed by atoms with E-state index in [1.165, 1.54) is 0 Å². The van der Waals surface area contributed by atoms with E-state index in [4.69, 9.17) is 5.11 Å². The molecule has 0 aliphatic heterocycles. The predicted octanol–water partition coefficient (Wildman–Crippen LogP) is 5.28. The number of carbonyl (C=O) groups is 1. The monoisotopic (exact) mass is 370 g/mol. The van der Waals surface area contributed by atoms with Crippen molar-refractivity contribution in [3.63, 3.8) is 0 Å². The zero-order valence-electron chi connectivity index (χ0n) is 16.9. The molecule has 0 heterocycles. The molecule has 0 saturated heterocycles. The van der Waals surface area contributed by atoms with Crippen molar-refractivity contribution in [3.05, 3.63) is 57.6 Å². The highest BCUT2D eigenvalue weighted by molar-refractivity contribution is 5.66. The number of phenolic OH excluding ortho intramolecular Hbond substituents is 2. The second kappa shape index (κ2) is 8.03. The number of hydrogen-bond donors (Lipinski definition) is 3. The molecule has 2 aromatic carbocycles. The molecule has 0 aromatic heterocycles. The second-order valence-corrected chi connectivity index (χ2v) is 7.60. The van der Waals surface area contributed by atoms with Crippen LogP contribution in [0.5, 0.6) is 11.5 Å². The van der Waals surface area contributed by atoms with Gasteiger partial charge in [0.05, 0.1) is 0 Å². The largest absolute Gasteiger partial charge is 0.507 e. The van der Waals surface area contributed by atoms with Gasteiger partial charge in [-0.2, -0.15) is 0 Å². The van der Waals surface area contributed by atoms with E-state index in [9.17, 15) is 15.0 Å². The number of carboxylic acid groups (broad SMARTS) is 1. The van der Waals surface area contributed by atoms with Gasteiger partial charge in [0.15, 0.2) is 0 Å². The van der Waals surface area contributed by atoms with Crippen molar-refractivity contribution in [2.75, 3.05) is 0 Å². The van der Waals surface area contributed by atoms with E-state index in [2.05, 4.69) is 6.92 Å². The number of carboxylic acids is 1. The van der Waals surface area contributed by atoms with E-state index in [-0.39, 0.29) is 11.8 Å². The van der Waals surface area contributed by atoms with Gasteiger partial charge in [-0.1, -0.05) is 31.2 Å². The average molecular weight is 370 g/mol. The molecule has 3 N–H and O–H groups in total. The van der Waals surface area contributed by atoms with E-state index in [0.29, 0.717) is 24.3 Å². The minimum atomic E-state index is -0.795. The van der Waals surface area contributed by atoms with Crippen LogP contribution in [-0.4, -0.2) is 21.3 Å². The third-order valence-electron chi connectivity index (χ3n) is 5.69. The number of aromatic hydroxyl groups is 2. The van der Waals surface area contributed by atoms with Gasteiger partial charge in [-0.3, -0.25) is 4.79 Å². The van der Waals surface area contributed by atoms with Gasteiger partial charge in [0, 0.05) is 11.8 Å². The summed E-state index contributed by atoms with van der Waals surface area (Å²) in [5.41, 5.74) is 5.03. The molecular weight excluding hydrogens is 340 g/mol. The van der Waals surface area contributed by atoms with E-state index in [1.807, 2.05) is 52.0 Å². The summed E-state index contributed by atoms with van der Waals surface area (Å²) in [7, 11) is 0. The summed E-state index contributed by atoms with van der Waals surface area (Å²) in [4.78, 5) is 11.1. The maximum absolute atomic E-state index is 11.1. The predicted molar refractivity (Wildman–Crippen MR) is 108 cm³/mol. The molecule has 4 nitrogen and oxygen atoms in total. The van der Waals surface area contributed by atoms with Gasteiger partial charge < -0.3 is 15.3 Å². The zero-order valence-corrected chi connectivity index (χ0v) is 16.9. The summed E-state index contributed by atoms with van der Waals surface area (Å²) in [6, 6.07) is 8.02. The van der Waals surface area contributed by atoms with Crippen LogP contribution in [0.3, 0.4) is 0 Å². The lowest BCUT2D eigenvalue weighted by molar-refractivity contribution is -0.137. The molecule has 0 radical (unpaired) electrons. The molecule has 2 rings (SSSR count). The smallest absolute Gasteiger partial charge is 0.303 e. The van der Waals surface area contributed by atoms with Crippen molar-refractivity contribution in [2.24, 2.45) is 0 Å². The van der Waals surface area contributed by atoms with Crippen molar-refractivity contribution in [3.8, 4) is 11.5 Å². The van der Waals surface area contributed by atoms with Crippen LogP contribution in [0.4, 0.5) is 0 Å². The molecule has 0 saturated carbocycles. The summed E-state index contributed by atoms with van der Waals surface area (Å²) in [5, 5.41) is 29.5. The van der Waals surface area contributed by atoms with Gasteiger partial charge in [0.25, 0.3) is 0 Å². The van der Waals surface area contributed by atoms with Crippen LogP contribution in [0, 0.1) is 27.7 Å². The summed E-state index contributed by atoms with van der Waals surface area (Å²) in [6.07, 6.45) is 2.15. The highest BCUT2D eigenvalue weighted by Crippen LogP contribution is 2.44. The van der Waals surface area contributed by atoms with Crippen LogP contribution >= 0.6 is 0 Å². The minimum Gasteiger partial charge on any atom is -0.507 e. The molecule has 4 heteroatoms. The average Bonchev–Trinajstić information content (AvgIpc) is 2.60. The number of aryl methyl sites for hydroxylation is 4. The number of benzene rings is 2. The Morgan fingerprint density at radius 1 is 0.852 bits per heavy atom. The van der Waals surface area contributed by atoms with Gasteiger partial charge >= 0.3 is 5.97 Å². The van der Waals surface area contributed by atoms with Crippen LogP contribution in [-0.2, 0) is 10.2 Å². The van der Waals surface area contributed by atoms with Crippen molar-refractivity contribution in [1.82, 2.24) is 0 Å². The normalized spacial score (nSPS) is 11.6. The maximum Gasteiger partial charge on any atom is 0.303 e. The summed E-state index contributed by atoms with van der Waals surface area (Å²) in [5.74, 6) is -0.198. The van der Waals surface area contributed by atoms with Crippen LogP contribution in [0.25, 0.3) is 0 Å². The third-order valence-corrected chi connectivity index (χ3v) is 5.69. The number of rotatable bonds is 7. The highest BCUT2D eigenvalue weighted by Gasteiger charge is 2.34. The molecule has 0 atom stereocenters. The van der Waals surface area contributed by atoms with Gasteiger partial charge in [0.2, 0.25) is 0 Å². The molecule has 0 unspecified atom stereocenters. The number of phenols is 2. The van der Waals surface area contributed by atoms with E-state index >= 15 is 0 Å². The first kappa shape index (κ1) is 20.8. The lowest BCUT2D eigenvalue weighted by Crippen LogP contribution is -2.28. The molecule has 0 aliphatic rings. The van der Waals surface area contributed by atoms with Crippen LogP contribution in [0.15, 0.2) is 24.3 Å². The Morgan fingerprint density at radius 3 is 1.52 bits per heavy atom. The van der Waals surface area contributed by atoms with E-state index in [0.717, 1.165) is 39.8 Å². The topological polar surface area (TPSA) is 77.8 Å². The molecule has 0 fully saturated rings. The first-order valence-electron chi connectivity index (χ1n) is 9.45. The van der Waals surface area contributed by atoms with Crippen molar-refractivity contribution in [1.29, 1.82) is 0 Å². The summed E-state index contributed by atoms with van der Waals surface area (Å²) in [6.45, 7) is 9.65. The first-order valence-corrected chi connectivity index (χ1v) is 9.45. The van der Waals surface area contributed by atoms with Crippen molar-refractivity contribution < 1.29 is 20.1 Å². The molecule has 27 heavy (non-hydrogen) atoms. The molecule has 0 spiro atoms. The fourth-order valence-corrected chi connectivity index (χ4v) is 4.05. The lowest BCUT2D eigenvalue weighted by atomic mass is 9.68. The van der Waals surface area contributed by atoms with Gasteiger partial charge in [-0.25, -0.2) is 0 Å². The molecule has 0 aliphatic carbocycles. The van der Waals surface area contributed by atoms with Crippen molar-refractivity contribution in [2.45, 2.75) is 65.7 Å². The molecular formula is C23H30O4. The quantitative estimate of drug-likeness (QED) is 0.619. The standard InChI is InChI=1S/C23H30O4/c1-6-23(9-7-8-20(24)25,18-10-14(2)21(26)15(3)11-18)19-12-16(4)22(27)17(5)13-19/h10-13,26-27H,6-9H2,1-5H3,(H,24,25). The third kappa shape index (κ3) is 4.10. The molecule has 146 valence electrons. The van der Waals surface area contributed by atoms with Gasteiger partial charge in [0.1, 0.15) is 11.5 Å². The molecule has 2 aromatic rings. The van der Waals surface area contributed by atoms with Crippen LogP contribution in [0.1, 0.15) is 66.0 Å². The Bertz CT molecular complexity index is 748. The van der Waals surface area contributed by atoms with Gasteiger partial charge in [-0.15, -0.1) is 0 Å². The minimum absolute atomic E-state index is 0.119. The highest BCUT2D eigenvalue weighted by atomic mass is 16.4. The zero-order chi connectivity index (χ0) is 20.4. The van der Waals surface area contributed by atoms with Crippen molar-refractivity contribution >= 4 is 5.97 Å². The van der Waals surface area contributed by atoms with Crippen LogP contribution in [0.2, 0.25) is 0 Å². The summed E-state index contributed by atoms with van der Waals surface area (Å²) < 4.78 is 0. The van der Waals surface area contributed by atoms with Crippen LogP contribution < -0.4 is 0 Å². The Labute approximate surface area is 161 Å². The number of aliphatic carboxylic acids is 1. The SMILES string of the molecule is CCC(CCCC(=O)O)(c1cc(C)c(O)c(C)c1)c1cc(C)c(O)c(C)c1. The molecule has 0 bridgehead atoms. The summed E-state index contributed by atoms with van der Waals surface area (Å²) >= 11 is 0. The Kier molecular flexibility index (Phi) is 6.19. The lowest BCUT2D eigenvalue weighted by Gasteiger charge is -2.36. The Hall–Kier alpha value is -2.49. The van der Waals surface area contributed by atoms with Gasteiger partial charge in [-0.05, 0) is 80.3 Å².